The van der Waals surface area contributed by atoms with Crippen molar-refractivity contribution in [1.29, 1.82) is 0 Å². The third-order valence-electron chi connectivity index (χ3n) is 3.28. The van der Waals surface area contributed by atoms with Crippen molar-refractivity contribution in [2.45, 2.75) is 13.0 Å². The van der Waals surface area contributed by atoms with Crippen LogP contribution >= 0.6 is 15.9 Å². The number of carbonyl (C=O) groups is 1. The molecule has 114 valence electrons. The number of benzene rings is 2. The van der Waals surface area contributed by atoms with Crippen LogP contribution in [0.25, 0.3) is 6.08 Å². The Morgan fingerprint density at radius 3 is 2.55 bits per heavy atom. The zero-order valence-electron chi connectivity index (χ0n) is 12.5. The first kappa shape index (κ1) is 16.3. The Labute approximate surface area is 139 Å². The molecule has 0 saturated heterocycles. The van der Waals surface area contributed by atoms with Crippen molar-refractivity contribution in [3.63, 3.8) is 0 Å². The summed E-state index contributed by atoms with van der Waals surface area (Å²) in [5.74, 6) is 0.605. The Hall–Kier alpha value is -2.07. The second-order valence-electron chi connectivity index (χ2n) is 4.86. The number of amides is 1. The van der Waals surface area contributed by atoms with E-state index in [1.807, 2.05) is 55.5 Å². The van der Waals surface area contributed by atoms with Crippen LogP contribution in [-0.4, -0.2) is 13.0 Å². The molecule has 1 amide bonds. The lowest BCUT2D eigenvalue weighted by Crippen LogP contribution is -2.24. The first-order valence-electron chi connectivity index (χ1n) is 6.97. The number of nitrogens with one attached hydrogen (secondary N) is 1. The summed E-state index contributed by atoms with van der Waals surface area (Å²) in [7, 11) is 1.61. The van der Waals surface area contributed by atoms with Gasteiger partial charge in [-0.05, 0) is 36.8 Å². The number of para-hydroxylation sites is 1. The molecule has 1 N–H and O–H groups in total. The molecule has 0 aliphatic rings. The lowest BCUT2D eigenvalue weighted by atomic mass is 10.1. The van der Waals surface area contributed by atoms with Crippen LogP contribution in [0.5, 0.6) is 5.75 Å². The summed E-state index contributed by atoms with van der Waals surface area (Å²) in [4.78, 5) is 12.0. The van der Waals surface area contributed by atoms with Gasteiger partial charge in [0.15, 0.2) is 0 Å². The second kappa shape index (κ2) is 7.80. The molecule has 0 fully saturated rings. The number of ether oxygens (including phenoxy) is 1. The van der Waals surface area contributed by atoms with Gasteiger partial charge in [0, 0.05) is 16.1 Å². The van der Waals surface area contributed by atoms with Crippen LogP contribution in [0.4, 0.5) is 0 Å². The third-order valence-corrected chi connectivity index (χ3v) is 3.81. The minimum Gasteiger partial charge on any atom is -0.496 e. The van der Waals surface area contributed by atoms with Crippen molar-refractivity contribution in [2.75, 3.05) is 7.11 Å². The maximum Gasteiger partial charge on any atom is 0.244 e. The lowest BCUT2D eigenvalue weighted by Gasteiger charge is -2.13. The number of halogens is 1. The van der Waals surface area contributed by atoms with E-state index in [1.165, 1.54) is 6.08 Å². The van der Waals surface area contributed by atoms with Crippen LogP contribution < -0.4 is 10.1 Å². The molecule has 0 saturated carbocycles. The second-order valence-corrected chi connectivity index (χ2v) is 5.77. The molecule has 2 aromatic carbocycles. The molecule has 0 heterocycles. The largest absolute Gasteiger partial charge is 0.496 e. The quantitative estimate of drug-likeness (QED) is 0.806. The van der Waals surface area contributed by atoms with E-state index in [1.54, 1.807) is 13.2 Å². The molecule has 4 heteroatoms. The highest BCUT2D eigenvalue weighted by molar-refractivity contribution is 9.10. The van der Waals surface area contributed by atoms with E-state index in [-0.39, 0.29) is 11.9 Å². The molecule has 22 heavy (non-hydrogen) atoms. The van der Waals surface area contributed by atoms with Gasteiger partial charge in [0.2, 0.25) is 5.91 Å². The highest BCUT2D eigenvalue weighted by Gasteiger charge is 2.07. The van der Waals surface area contributed by atoms with E-state index in [0.29, 0.717) is 0 Å². The van der Waals surface area contributed by atoms with Gasteiger partial charge in [-0.3, -0.25) is 4.79 Å². The van der Waals surface area contributed by atoms with Crippen molar-refractivity contribution in [1.82, 2.24) is 5.32 Å². The summed E-state index contributed by atoms with van der Waals surface area (Å²) < 4.78 is 6.27. The molecule has 0 aliphatic carbocycles. The van der Waals surface area contributed by atoms with E-state index in [9.17, 15) is 4.79 Å². The van der Waals surface area contributed by atoms with Gasteiger partial charge >= 0.3 is 0 Å². The average molecular weight is 360 g/mol. The molecule has 0 aromatic heterocycles. The van der Waals surface area contributed by atoms with Gasteiger partial charge in [0.1, 0.15) is 5.75 Å². The Morgan fingerprint density at radius 1 is 1.18 bits per heavy atom. The fourth-order valence-electron chi connectivity index (χ4n) is 2.07. The predicted octanol–water partition coefficient (Wildman–Crippen LogP) is 4.35. The molecule has 0 spiro atoms. The summed E-state index contributed by atoms with van der Waals surface area (Å²) in [6, 6.07) is 15.4. The maximum atomic E-state index is 12.0. The first-order valence-corrected chi connectivity index (χ1v) is 7.76. The highest BCUT2D eigenvalue weighted by Crippen LogP contribution is 2.19. The van der Waals surface area contributed by atoms with E-state index >= 15 is 0 Å². The van der Waals surface area contributed by atoms with Gasteiger partial charge < -0.3 is 10.1 Å². The van der Waals surface area contributed by atoms with Gasteiger partial charge in [0.05, 0.1) is 13.2 Å². The zero-order chi connectivity index (χ0) is 15.9. The third kappa shape index (κ3) is 4.46. The molecule has 0 bridgehead atoms. The number of methoxy groups -OCH3 is 1. The van der Waals surface area contributed by atoms with E-state index < -0.39 is 0 Å². The van der Waals surface area contributed by atoms with Gasteiger partial charge in [-0.1, -0.05) is 46.3 Å². The fraction of sp³-hybridized carbons (Fsp3) is 0.167. The Morgan fingerprint density at radius 2 is 1.86 bits per heavy atom. The Kier molecular flexibility index (Phi) is 5.78. The maximum absolute atomic E-state index is 12.0. The molecule has 0 unspecified atom stereocenters. The molecule has 0 radical (unpaired) electrons. The highest BCUT2D eigenvalue weighted by atomic mass is 79.9. The van der Waals surface area contributed by atoms with E-state index in [2.05, 4.69) is 21.2 Å². The SMILES string of the molecule is COc1ccccc1/C=C/C(=O)N[C@@H](C)c1ccc(Br)cc1. The zero-order valence-corrected chi connectivity index (χ0v) is 14.1. The van der Waals surface area contributed by atoms with Gasteiger partial charge in [0.25, 0.3) is 0 Å². The number of rotatable bonds is 5. The molecular weight excluding hydrogens is 342 g/mol. The number of carbonyl (C=O) groups excluding carboxylic acids is 1. The summed E-state index contributed by atoms with van der Waals surface area (Å²) in [5, 5.41) is 2.94. The van der Waals surface area contributed by atoms with Crippen molar-refractivity contribution in [3.8, 4) is 5.75 Å². The standard InChI is InChI=1S/C18H18BrNO2/c1-13(14-7-10-16(19)11-8-14)20-18(21)12-9-15-5-3-4-6-17(15)22-2/h3-13H,1-2H3,(H,20,21)/b12-9+/t13-/m0/s1. The summed E-state index contributed by atoms with van der Waals surface area (Å²) in [5.41, 5.74) is 1.93. The minimum absolute atomic E-state index is 0.0529. The molecule has 2 rings (SSSR count). The van der Waals surface area contributed by atoms with E-state index in [0.717, 1.165) is 21.3 Å². The summed E-state index contributed by atoms with van der Waals surface area (Å²) in [6.45, 7) is 1.96. The Balaban J connectivity index is 2.00. The lowest BCUT2D eigenvalue weighted by molar-refractivity contribution is -0.117. The normalized spacial score (nSPS) is 12.1. The van der Waals surface area contributed by atoms with Gasteiger partial charge in [-0.2, -0.15) is 0 Å². The van der Waals surface area contributed by atoms with Crippen molar-refractivity contribution in [2.24, 2.45) is 0 Å². The van der Waals surface area contributed by atoms with Crippen LogP contribution in [0.2, 0.25) is 0 Å². The van der Waals surface area contributed by atoms with Gasteiger partial charge in [-0.25, -0.2) is 0 Å². The predicted molar refractivity (Wildman–Crippen MR) is 92.7 cm³/mol. The smallest absolute Gasteiger partial charge is 0.244 e. The molecule has 3 nitrogen and oxygen atoms in total. The van der Waals surface area contributed by atoms with Crippen LogP contribution in [0.15, 0.2) is 59.1 Å². The molecule has 1 atom stereocenters. The monoisotopic (exact) mass is 359 g/mol. The van der Waals surface area contributed by atoms with Gasteiger partial charge in [-0.15, -0.1) is 0 Å². The fourth-order valence-corrected chi connectivity index (χ4v) is 2.33. The van der Waals surface area contributed by atoms with Crippen molar-refractivity contribution >= 4 is 27.9 Å². The molecule has 0 aliphatic heterocycles. The first-order chi connectivity index (χ1) is 10.6. The van der Waals surface area contributed by atoms with Crippen LogP contribution in [-0.2, 0) is 4.79 Å². The summed E-state index contributed by atoms with van der Waals surface area (Å²) in [6.07, 6.45) is 3.27. The Bertz CT molecular complexity index is 665. The van der Waals surface area contributed by atoms with Crippen molar-refractivity contribution < 1.29 is 9.53 Å². The van der Waals surface area contributed by atoms with Crippen LogP contribution in [0.3, 0.4) is 0 Å². The van der Waals surface area contributed by atoms with E-state index in [4.69, 9.17) is 4.74 Å². The topological polar surface area (TPSA) is 38.3 Å². The number of hydrogen-bond acceptors (Lipinski definition) is 2. The minimum atomic E-state index is -0.138. The molecular formula is C18H18BrNO2. The summed E-state index contributed by atoms with van der Waals surface area (Å²) >= 11 is 3.40. The molecule has 2 aromatic rings. The average Bonchev–Trinajstić information content (AvgIpc) is 2.53. The van der Waals surface area contributed by atoms with Crippen molar-refractivity contribution in [3.05, 3.63) is 70.2 Å². The van der Waals surface area contributed by atoms with Crippen LogP contribution in [0, 0.1) is 0 Å². The number of hydrogen-bond donors (Lipinski definition) is 1. The van der Waals surface area contributed by atoms with Crippen LogP contribution in [0.1, 0.15) is 24.1 Å².